The molecule has 0 atom stereocenters. The Kier molecular flexibility index (Phi) is 5.11. The van der Waals surface area contributed by atoms with Gasteiger partial charge < -0.3 is 9.88 Å². The number of anilines is 1. The van der Waals surface area contributed by atoms with Gasteiger partial charge in [0.1, 0.15) is 0 Å². The third kappa shape index (κ3) is 3.64. The quantitative estimate of drug-likeness (QED) is 0.468. The normalized spacial score (nSPS) is 14.5. The van der Waals surface area contributed by atoms with E-state index in [0.717, 1.165) is 57.4 Å². The molecule has 2 heterocycles. The lowest BCUT2D eigenvalue weighted by Gasteiger charge is -2.24. The maximum absolute atomic E-state index is 13.7. The molecule has 0 fully saturated rings. The summed E-state index contributed by atoms with van der Waals surface area (Å²) in [6.45, 7) is 2.95. The van der Waals surface area contributed by atoms with Crippen molar-refractivity contribution >= 4 is 38.3 Å². The third-order valence-electron chi connectivity index (χ3n) is 5.58. The highest BCUT2D eigenvalue weighted by Crippen LogP contribution is 2.31. The molecule has 0 unspecified atom stereocenters. The van der Waals surface area contributed by atoms with E-state index in [1.165, 1.54) is 0 Å². The second-order valence-electron chi connectivity index (χ2n) is 7.54. The molecular formula is C24H21BrN4O. The largest absolute Gasteiger partial charge is 0.347 e. The molecule has 150 valence electrons. The predicted molar refractivity (Wildman–Crippen MR) is 122 cm³/mol. The summed E-state index contributed by atoms with van der Waals surface area (Å²) in [5.74, 6) is 0.0405. The summed E-state index contributed by atoms with van der Waals surface area (Å²) in [5.41, 5.74) is 3.92. The van der Waals surface area contributed by atoms with Crippen LogP contribution in [0.2, 0.25) is 0 Å². The topological polar surface area (TPSA) is 52.2 Å². The highest BCUT2D eigenvalue weighted by atomic mass is 79.9. The first kappa shape index (κ1) is 19.0. The van der Waals surface area contributed by atoms with Gasteiger partial charge in [0, 0.05) is 53.8 Å². The molecule has 1 aliphatic heterocycles. The minimum atomic E-state index is 0.0405. The van der Waals surface area contributed by atoms with Gasteiger partial charge in [0.15, 0.2) is 0 Å². The molecule has 1 N–H and O–H groups in total. The van der Waals surface area contributed by atoms with Crippen molar-refractivity contribution < 1.29 is 4.79 Å². The smallest absolute Gasteiger partial charge is 0.258 e. The lowest BCUT2D eigenvalue weighted by Crippen LogP contribution is -2.36. The van der Waals surface area contributed by atoms with Crippen LogP contribution >= 0.6 is 15.9 Å². The van der Waals surface area contributed by atoms with Crippen LogP contribution in [0.5, 0.6) is 0 Å². The van der Waals surface area contributed by atoms with Gasteiger partial charge in [-0.25, -0.2) is 4.98 Å². The van der Waals surface area contributed by atoms with Gasteiger partial charge in [0.05, 0.1) is 6.33 Å². The summed E-state index contributed by atoms with van der Waals surface area (Å²) in [6, 6.07) is 20.2. The molecule has 0 radical (unpaired) electrons. The van der Waals surface area contributed by atoms with Gasteiger partial charge >= 0.3 is 0 Å². The van der Waals surface area contributed by atoms with E-state index in [9.17, 15) is 4.79 Å². The minimum Gasteiger partial charge on any atom is -0.347 e. The number of imidazole rings is 1. The van der Waals surface area contributed by atoms with Crippen LogP contribution in [0.25, 0.3) is 10.8 Å². The number of benzene rings is 3. The van der Waals surface area contributed by atoms with E-state index in [1.807, 2.05) is 65.7 Å². The van der Waals surface area contributed by atoms with E-state index in [4.69, 9.17) is 0 Å². The predicted octanol–water partition coefficient (Wildman–Crippen LogP) is 4.99. The highest BCUT2D eigenvalue weighted by Gasteiger charge is 2.26. The number of hydrogen-bond donors (Lipinski definition) is 1. The number of aromatic nitrogens is 2. The van der Waals surface area contributed by atoms with Crippen LogP contribution in [0.4, 0.5) is 5.69 Å². The first-order valence-corrected chi connectivity index (χ1v) is 10.8. The molecule has 0 saturated heterocycles. The zero-order valence-corrected chi connectivity index (χ0v) is 18.0. The Morgan fingerprint density at radius 1 is 1.07 bits per heavy atom. The molecule has 3 aromatic carbocycles. The van der Waals surface area contributed by atoms with Crippen molar-refractivity contribution in [1.29, 1.82) is 0 Å². The van der Waals surface area contributed by atoms with E-state index in [-0.39, 0.29) is 5.91 Å². The van der Waals surface area contributed by atoms with Gasteiger partial charge in [-0.15, -0.1) is 0 Å². The summed E-state index contributed by atoms with van der Waals surface area (Å²) in [5, 5.41) is 2.07. The third-order valence-corrected chi connectivity index (χ3v) is 6.07. The number of carbonyl (C=O) groups excluding carboxylic acids is 1. The van der Waals surface area contributed by atoms with E-state index in [2.05, 4.69) is 36.9 Å². The van der Waals surface area contributed by atoms with Gasteiger partial charge in [-0.3, -0.25) is 9.69 Å². The van der Waals surface area contributed by atoms with E-state index in [0.29, 0.717) is 6.54 Å². The fourth-order valence-electron chi connectivity index (χ4n) is 4.14. The highest BCUT2D eigenvalue weighted by molar-refractivity contribution is 9.10. The number of rotatable bonds is 3. The van der Waals surface area contributed by atoms with Crippen molar-refractivity contribution in [2.75, 3.05) is 18.0 Å². The molecule has 0 spiro atoms. The Morgan fingerprint density at radius 2 is 1.93 bits per heavy atom. The van der Waals surface area contributed by atoms with Crippen LogP contribution in [0.15, 0.2) is 77.7 Å². The second-order valence-corrected chi connectivity index (χ2v) is 8.46. The second kappa shape index (κ2) is 8.05. The number of hydrogen-bond acceptors (Lipinski definition) is 3. The zero-order valence-electron chi connectivity index (χ0n) is 16.4. The first-order valence-electron chi connectivity index (χ1n) is 9.97. The van der Waals surface area contributed by atoms with E-state index < -0.39 is 0 Å². The zero-order chi connectivity index (χ0) is 20.5. The van der Waals surface area contributed by atoms with Crippen LogP contribution in [0.3, 0.4) is 0 Å². The van der Waals surface area contributed by atoms with Gasteiger partial charge in [-0.1, -0.05) is 52.3 Å². The van der Waals surface area contributed by atoms with Gasteiger partial charge in [-0.05, 0) is 40.6 Å². The lowest BCUT2D eigenvalue weighted by atomic mass is 10.0. The van der Waals surface area contributed by atoms with Crippen molar-refractivity contribution in [3.8, 4) is 0 Å². The maximum Gasteiger partial charge on any atom is 0.258 e. The number of aromatic amines is 1. The minimum absolute atomic E-state index is 0.0405. The number of fused-ring (bicyclic) bond motifs is 2. The Labute approximate surface area is 183 Å². The molecule has 6 heteroatoms. The van der Waals surface area contributed by atoms with Gasteiger partial charge in [-0.2, -0.15) is 0 Å². The Hall–Kier alpha value is -2.96. The number of halogens is 1. The molecule has 4 aromatic rings. The number of nitrogens with one attached hydrogen (secondary N) is 1. The number of nitrogens with zero attached hydrogens (tertiary/aromatic N) is 3. The summed E-state index contributed by atoms with van der Waals surface area (Å²) in [6.07, 6.45) is 3.56. The molecule has 1 aromatic heterocycles. The van der Waals surface area contributed by atoms with Crippen LogP contribution in [-0.2, 0) is 13.1 Å². The standard InChI is InChI=1S/C24H21BrN4O/c25-19-8-9-23-18(12-19)14-28(15-20-13-26-16-27-20)10-11-29(23)24(30)22-7-3-5-17-4-1-2-6-21(17)22/h1-9,12-13,16H,10-11,14-15H2,(H,26,27). The average molecular weight is 461 g/mol. The van der Waals surface area contributed by atoms with Crippen molar-refractivity contribution in [2.45, 2.75) is 13.1 Å². The van der Waals surface area contributed by atoms with E-state index >= 15 is 0 Å². The molecular weight excluding hydrogens is 440 g/mol. The molecule has 0 saturated carbocycles. The van der Waals surface area contributed by atoms with Crippen molar-refractivity contribution in [3.05, 3.63) is 94.5 Å². The van der Waals surface area contributed by atoms with Crippen LogP contribution in [0.1, 0.15) is 21.6 Å². The van der Waals surface area contributed by atoms with Crippen LogP contribution in [0, 0.1) is 0 Å². The van der Waals surface area contributed by atoms with Gasteiger partial charge in [0.25, 0.3) is 5.91 Å². The maximum atomic E-state index is 13.7. The first-order chi connectivity index (χ1) is 14.7. The number of carbonyl (C=O) groups is 1. The average Bonchev–Trinajstić information content (AvgIpc) is 3.20. The Morgan fingerprint density at radius 3 is 2.80 bits per heavy atom. The molecule has 1 aliphatic rings. The molecule has 5 rings (SSSR count). The van der Waals surface area contributed by atoms with Crippen molar-refractivity contribution in [2.24, 2.45) is 0 Å². The number of H-pyrrole nitrogens is 1. The SMILES string of the molecule is O=C(c1cccc2ccccc12)N1CCN(Cc2cnc[nH]2)Cc2cc(Br)ccc21. The lowest BCUT2D eigenvalue weighted by molar-refractivity contribution is 0.0986. The van der Waals surface area contributed by atoms with Crippen LogP contribution in [-0.4, -0.2) is 33.9 Å². The Bertz CT molecular complexity index is 1200. The van der Waals surface area contributed by atoms with Gasteiger partial charge in [0.2, 0.25) is 0 Å². The van der Waals surface area contributed by atoms with Crippen molar-refractivity contribution in [3.63, 3.8) is 0 Å². The fraction of sp³-hybridized carbons (Fsp3) is 0.167. The molecule has 0 aliphatic carbocycles. The van der Waals surface area contributed by atoms with Crippen LogP contribution < -0.4 is 4.90 Å². The molecule has 30 heavy (non-hydrogen) atoms. The summed E-state index contributed by atoms with van der Waals surface area (Å²) in [4.78, 5) is 25.3. The molecule has 5 nitrogen and oxygen atoms in total. The fourth-order valence-corrected chi connectivity index (χ4v) is 4.55. The number of amides is 1. The monoisotopic (exact) mass is 460 g/mol. The summed E-state index contributed by atoms with van der Waals surface area (Å²) >= 11 is 3.59. The summed E-state index contributed by atoms with van der Waals surface area (Å²) < 4.78 is 1.02. The Balaban J connectivity index is 1.53. The van der Waals surface area contributed by atoms with Crippen molar-refractivity contribution in [1.82, 2.24) is 14.9 Å². The molecule has 0 bridgehead atoms. The summed E-state index contributed by atoms with van der Waals surface area (Å²) in [7, 11) is 0. The molecule has 1 amide bonds. The van der Waals surface area contributed by atoms with E-state index in [1.54, 1.807) is 6.33 Å².